The summed E-state index contributed by atoms with van der Waals surface area (Å²) in [5.41, 5.74) is 5.31. The summed E-state index contributed by atoms with van der Waals surface area (Å²) in [6.07, 6.45) is -2.16. The number of H-pyrrole nitrogens is 1. The van der Waals surface area contributed by atoms with Gasteiger partial charge < -0.3 is 25.7 Å². The molecule has 9 nitrogen and oxygen atoms in total. The number of fused-ring (bicyclic) bond motifs is 1. The number of rotatable bonds is 1. The molecule has 0 aromatic carbocycles. The second kappa shape index (κ2) is 4.02. The number of nitrogens with one attached hydrogen (secondary N) is 1. The Labute approximate surface area is 106 Å². The Morgan fingerprint density at radius 3 is 2.84 bits per heavy atom. The zero-order valence-corrected chi connectivity index (χ0v) is 10.0. The second-order valence-corrected chi connectivity index (χ2v) is 4.49. The highest BCUT2D eigenvalue weighted by Crippen LogP contribution is 2.30. The largest absolute Gasteiger partial charge is 0.388 e. The van der Waals surface area contributed by atoms with Gasteiger partial charge in [-0.2, -0.15) is 4.98 Å². The first kappa shape index (κ1) is 12.1. The molecule has 1 saturated heterocycles. The third-order valence-electron chi connectivity index (χ3n) is 3.22. The van der Waals surface area contributed by atoms with Crippen LogP contribution in [0.1, 0.15) is 13.2 Å². The predicted molar refractivity (Wildman–Crippen MR) is 64.2 cm³/mol. The molecule has 0 saturated carbocycles. The van der Waals surface area contributed by atoms with Crippen LogP contribution in [-0.4, -0.2) is 48.0 Å². The normalized spacial score (nSPS) is 31.1. The van der Waals surface area contributed by atoms with Crippen LogP contribution in [0.2, 0.25) is 0 Å². The molecule has 1 aliphatic heterocycles. The van der Waals surface area contributed by atoms with Crippen molar-refractivity contribution in [1.82, 2.24) is 19.5 Å². The van der Waals surface area contributed by atoms with Gasteiger partial charge in [0.1, 0.15) is 17.9 Å². The molecule has 0 spiro atoms. The van der Waals surface area contributed by atoms with Crippen molar-refractivity contribution in [2.45, 2.75) is 31.5 Å². The van der Waals surface area contributed by atoms with Crippen LogP contribution >= 0.6 is 0 Å². The number of nitrogens with zero attached hydrogens (tertiary/aromatic N) is 3. The first-order valence-corrected chi connectivity index (χ1v) is 5.73. The minimum absolute atomic E-state index is 0.0552. The predicted octanol–water partition coefficient (Wildman–Crippen LogP) is -1.66. The van der Waals surface area contributed by atoms with Crippen LogP contribution in [0.15, 0.2) is 11.1 Å². The van der Waals surface area contributed by atoms with E-state index < -0.39 is 30.1 Å². The molecule has 2 aromatic rings. The molecule has 4 atom stereocenters. The minimum Gasteiger partial charge on any atom is -0.388 e. The van der Waals surface area contributed by atoms with Crippen LogP contribution in [-0.2, 0) is 4.74 Å². The summed E-state index contributed by atoms with van der Waals surface area (Å²) in [7, 11) is 0. The molecule has 0 unspecified atom stereocenters. The van der Waals surface area contributed by atoms with E-state index in [1.807, 2.05) is 0 Å². The fourth-order valence-corrected chi connectivity index (χ4v) is 2.20. The lowest BCUT2D eigenvalue weighted by Gasteiger charge is -2.16. The minimum atomic E-state index is -1.12. The molecule has 0 amide bonds. The molecule has 1 fully saturated rings. The smallest absolute Gasteiger partial charge is 0.302 e. The summed E-state index contributed by atoms with van der Waals surface area (Å²) >= 11 is 0. The van der Waals surface area contributed by atoms with Gasteiger partial charge >= 0.3 is 5.56 Å². The Morgan fingerprint density at radius 2 is 2.21 bits per heavy atom. The highest BCUT2D eigenvalue weighted by Gasteiger charge is 2.41. The number of aliphatic hydroxyl groups is 2. The quantitative estimate of drug-likeness (QED) is 0.485. The van der Waals surface area contributed by atoms with Gasteiger partial charge in [-0.1, -0.05) is 0 Å². The second-order valence-electron chi connectivity index (χ2n) is 4.49. The lowest BCUT2D eigenvalue weighted by atomic mass is 10.1. The molecular formula is C10H13N5O4. The molecule has 1 aliphatic rings. The van der Waals surface area contributed by atoms with E-state index in [2.05, 4.69) is 15.0 Å². The number of nitrogen functional groups attached to an aromatic ring is 1. The van der Waals surface area contributed by atoms with E-state index in [9.17, 15) is 15.0 Å². The van der Waals surface area contributed by atoms with Gasteiger partial charge in [0, 0.05) is 0 Å². The van der Waals surface area contributed by atoms with Crippen molar-refractivity contribution in [3.05, 3.63) is 16.7 Å². The van der Waals surface area contributed by atoms with Crippen molar-refractivity contribution in [3.8, 4) is 0 Å². The van der Waals surface area contributed by atoms with Gasteiger partial charge in [-0.25, -0.2) is 4.98 Å². The maximum Gasteiger partial charge on any atom is 0.302 e. The maximum absolute atomic E-state index is 11.6. The van der Waals surface area contributed by atoms with Gasteiger partial charge in [-0.15, -0.1) is 0 Å². The first-order valence-electron chi connectivity index (χ1n) is 5.73. The summed E-state index contributed by atoms with van der Waals surface area (Å²) in [6, 6.07) is 0. The number of hydrogen-bond donors (Lipinski definition) is 4. The van der Waals surface area contributed by atoms with Crippen LogP contribution in [0, 0.1) is 0 Å². The number of aliphatic hydroxyl groups excluding tert-OH is 2. The summed E-state index contributed by atoms with van der Waals surface area (Å²) < 4.78 is 6.88. The average Bonchev–Trinajstić information content (AvgIpc) is 2.86. The molecule has 102 valence electrons. The molecule has 0 bridgehead atoms. The summed E-state index contributed by atoms with van der Waals surface area (Å²) in [5, 5.41) is 19.6. The van der Waals surface area contributed by atoms with Gasteiger partial charge in [-0.05, 0) is 6.92 Å². The van der Waals surface area contributed by atoms with Gasteiger partial charge in [0.2, 0.25) is 5.95 Å². The van der Waals surface area contributed by atoms with Crippen molar-refractivity contribution in [3.63, 3.8) is 0 Å². The number of nitrogens with two attached hydrogens (primary N) is 1. The monoisotopic (exact) mass is 267 g/mol. The topological polar surface area (TPSA) is 139 Å². The van der Waals surface area contributed by atoms with Crippen molar-refractivity contribution in [2.75, 3.05) is 5.73 Å². The molecule has 0 radical (unpaired) electrons. The van der Waals surface area contributed by atoms with Crippen molar-refractivity contribution in [2.24, 2.45) is 0 Å². The standard InChI is InChI=1S/C10H13N5O4/c1-3-5(16)6(17)9(19-3)15-2-12-4-7(15)13-10(11)14-8(4)18/h2-3,5-6,9,16-17H,1H3,(H3,11,13,14,18)/t3-,5-,6-,9-/m1/s1. The van der Waals surface area contributed by atoms with E-state index in [0.717, 1.165) is 0 Å². The first-order chi connectivity index (χ1) is 8.99. The maximum atomic E-state index is 11.6. The lowest BCUT2D eigenvalue weighted by molar-refractivity contribution is -0.0299. The molecule has 2 aromatic heterocycles. The fraction of sp³-hybridized carbons (Fsp3) is 0.500. The fourth-order valence-electron chi connectivity index (χ4n) is 2.20. The summed E-state index contributed by atoms with van der Waals surface area (Å²) in [5.74, 6) is -0.0552. The number of aromatic amines is 1. The average molecular weight is 267 g/mol. The van der Waals surface area contributed by atoms with Crippen LogP contribution in [0.5, 0.6) is 0 Å². The zero-order chi connectivity index (χ0) is 13.7. The van der Waals surface area contributed by atoms with Crippen LogP contribution in [0.3, 0.4) is 0 Å². The van der Waals surface area contributed by atoms with Crippen molar-refractivity contribution < 1.29 is 14.9 Å². The van der Waals surface area contributed by atoms with E-state index in [-0.39, 0.29) is 11.5 Å². The number of anilines is 1. The molecular weight excluding hydrogens is 254 g/mol. The summed E-state index contributed by atoms with van der Waals surface area (Å²) in [6.45, 7) is 1.64. The van der Waals surface area contributed by atoms with Crippen LogP contribution < -0.4 is 11.3 Å². The highest BCUT2D eigenvalue weighted by atomic mass is 16.6. The molecule has 3 rings (SSSR count). The molecule has 19 heavy (non-hydrogen) atoms. The Hall–Kier alpha value is -1.97. The van der Waals surface area contributed by atoms with E-state index in [1.54, 1.807) is 6.92 Å². The highest BCUT2D eigenvalue weighted by molar-refractivity contribution is 5.70. The molecule has 3 heterocycles. The van der Waals surface area contributed by atoms with Gasteiger partial charge in [0.05, 0.1) is 12.4 Å². The van der Waals surface area contributed by atoms with E-state index in [4.69, 9.17) is 10.5 Å². The third kappa shape index (κ3) is 1.70. The Bertz CT molecular complexity index is 680. The van der Waals surface area contributed by atoms with Gasteiger partial charge in [-0.3, -0.25) is 9.36 Å². The molecule has 5 N–H and O–H groups in total. The number of aromatic nitrogens is 4. The third-order valence-corrected chi connectivity index (χ3v) is 3.22. The summed E-state index contributed by atoms with van der Waals surface area (Å²) in [4.78, 5) is 21.7. The Balaban J connectivity index is 2.14. The van der Waals surface area contributed by atoms with Crippen LogP contribution in [0.4, 0.5) is 5.95 Å². The van der Waals surface area contributed by atoms with Gasteiger partial charge in [0.25, 0.3) is 0 Å². The van der Waals surface area contributed by atoms with Crippen molar-refractivity contribution in [1.29, 1.82) is 0 Å². The SMILES string of the molecule is C[C@H]1O[C@@H](n2cnc3c(=O)nc(N)[nH]c32)[C@H](O)[C@@H]1O. The van der Waals surface area contributed by atoms with E-state index >= 15 is 0 Å². The van der Waals surface area contributed by atoms with E-state index in [1.165, 1.54) is 10.9 Å². The van der Waals surface area contributed by atoms with Gasteiger partial charge in [0.15, 0.2) is 11.7 Å². The Kier molecular flexibility index (Phi) is 2.55. The number of hydrogen-bond acceptors (Lipinski definition) is 7. The lowest BCUT2D eigenvalue weighted by Crippen LogP contribution is -2.30. The molecule has 9 heteroatoms. The van der Waals surface area contributed by atoms with Crippen molar-refractivity contribution >= 4 is 17.1 Å². The number of imidazole rings is 1. The number of ether oxygens (including phenoxy) is 1. The van der Waals surface area contributed by atoms with E-state index in [0.29, 0.717) is 5.65 Å². The van der Waals surface area contributed by atoms with Crippen LogP contribution in [0.25, 0.3) is 11.2 Å². The zero-order valence-electron chi connectivity index (χ0n) is 10.0. The Morgan fingerprint density at radius 1 is 1.47 bits per heavy atom. The molecule has 0 aliphatic carbocycles.